The summed E-state index contributed by atoms with van der Waals surface area (Å²) in [5, 5.41) is 9.79. The normalized spacial score (nSPS) is 12.0. The van der Waals surface area contributed by atoms with Crippen LogP contribution in [-0.4, -0.2) is 26.3 Å². The van der Waals surface area contributed by atoms with Crippen molar-refractivity contribution in [3.63, 3.8) is 0 Å². The zero-order chi connectivity index (χ0) is 19.4. The van der Waals surface area contributed by atoms with Crippen LogP contribution in [0.5, 0.6) is 0 Å². The predicted molar refractivity (Wildman–Crippen MR) is 107 cm³/mol. The van der Waals surface area contributed by atoms with Gasteiger partial charge < -0.3 is 5.32 Å². The molecule has 140 valence electrons. The average Bonchev–Trinajstić information content (AvgIpc) is 3.12. The number of hydrogen-bond donors (Lipinski definition) is 2. The Kier molecular flexibility index (Phi) is 6.13. The van der Waals surface area contributed by atoms with Crippen LogP contribution < -0.4 is 5.32 Å². The molecular formula is C19H18ClFN4OS. The first kappa shape index (κ1) is 19.4. The second kappa shape index (κ2) is 8.54. The monoisotopic (exact) mass is 404 g/mol. The average molecular weight is 405 g/mol. The molecule has 0 saturated carbocycles. The first-order valence-corrected chi connectivity index (χ1v) is 9.66. The Morgan fingerprint density at radius 2 is 2.04 bits per heavy atom. The predicted octanol–water partition coefficient (Wildman–Crippen LogP) is 4.95. The number of carbonyl (C=O) groups is 1. The number of halogens is 2. The molecule has 1 heterocycles. The maximum Gasteiger partial charge on any atom is 0.237 e. The molecule has 0 saturated heterocycles. The first-order chi connectivity index (χ1) is 13.0. The van der Waals surface area contributed by atoms with E-state index < -0.39 is 11.1 Å². The molecule has 2 aromatic carbocycles. The van der Waals surface area contributed by atoms with Crippen molar-refractivity contribution in [3.8, 4) is 11.4 Å². The van der Waals surface area contributed by atoms with Crippen LogP contribution in [0.3, 0.4) is 0 Å². The third-order valence-corrected chi connectivity index (χ3v) is 5.14. The zero-order valence-corrected chi connectivity index (χ0v) is 16.4. The van der Waals surface area contributed by atoms with Gasteiger partial charge in [-0.15, -0.1) is 5.10 Å². The van der Waals surface area contributed by atoms with Crippen molar-refractivity contribution in [1.29, 1.82) is 0 Å². The van der Waals surface area contributed by atoms with Gasteiger partial charge in [-0.1, -0.05) is 54.6 Å². The van der Waals surface area contributed by atoms with Crippen molar-refractivity contribution >= 4 is 35.0 Å². The fourth-order valence-electron chi connectivity index (χ4n) is 2.36. The summed E-state index contributed by atoms with van der Waals surface area (Å²) < 4.78 is 13.8. The number of benzene rings is 2. The summed E-state index contributed by atoms with van der Waals surface area (Å²) in [6, 6.07) is 12.1. The molecular weight excluding hydrogens is 387 g/mol. The Labute approximate surface area is 165 Å². The Bertz CT molecular complexity index is 945. The van der Waals surface area contributed by atoms with Gasteiger partial charge >= 0.3 is 0 Å². The molecule has 1 aromatic heterocycles. The highest BCUT2D eigenvalue weighted by molar-refractivity contribution is 8.00. The van der Waals surface area contributed by atoms with E-state index in [0.717, 1.165) is 18.1 Å². The SMILES string of the molecule is CCc1ccc(-c2nc(S[C@H](C)C(=O)Nc3ccc(Cl)cc3F)n[nH]2)cc1. The van der Waals surface area contributed by atoms with Gasteiger partial charge in [0.2, 0.25) is 11.1 Å². The Morgan fingerprint density at radius 3 is 2.70 bits per heavy atom. The summed E-state index contributed by atoms with van der Waals surface area (Å²) in [7, 11) is 0. The Hall–Kier alpha value is -2.38. The fourth-order valence-corrected chi connectivity index (χ4v) is 3.25. The lowest BCUT2D eigenvalue weighted by molar-refractivity contribution is -0.115. The van der Waals surface area contributed by atoms with E-state index in [-0.39, 0.29) is 16.6 Å². The molecule has 8 heteroatoms. The number of aromatic amines is 1. The lowest BCUT2D eigenvalue weighted by Gasteiger charge is -2.10. The summed E-state index contributed by atoms with van der Waals surface area (Å²) in [5.41, 5.74) is 2.25. The molecule has 1 atom stereocenters. The molecule has 0 fully saturated rings. The number of aromatic nitrogens is 3. The highest BCUT2D eigenvalue weighted by Gasteiger charge is 2.19. The third kappa shape index (κ3) is 4.87. The molecule has 3 rings (SSSR count). The molecule has 5 nitrogen and oxygen atoms in total. The van der Waals surface area contributed by atoms with Crippen molar-refractivity contribution in [2.75, 3.05) is 5.32 Å². The molecule has 1 amide bonds. The third-order valence-electron chi connectivity index (χ3n) is 3.94. The fraction of sp³-hybridized carbons (Fsp3) is 0.211. The number of thioether (sulfide) groups is 1. The minimum Gasteiger partial charge on any atom is -0.323 e. The van der Waals surface area contributed by atoms with Crippen LogP contribution >= 0.6 is 23.4 Å². The van der Waals surface area contributed by atoms with Crippen LogP contribution in [0.1, 0.15) is 19.4 Å². The quantitative estimate of drug-likeness (QED) is 0.570. The number of anilines is 1. The lowest BCUT2D eigenvalue weighted by Crippen LogP contribution is -2.23. The van der Waals surface area contributed by atoms with Gasteiger partial charge in [-0.2, -0.15) is 0 Å². The molecule has 0 aliphatic rings. The van der Waals surface area contributed by atoms with E-state index >= 15 is 0 Å². The van der Waals surface area contributed by atoms with Crippen molar-refractivity contribution in [3.05, 3.63) is 58.9 Å². The molecule has 0 radical (unpaired) electrons. The van der Waals surface area contributed by atoms with Crippen molar-refractivity contribution in [2.24, 2.45) is 0 Å². The minimum absolute atomic E-state index is 0.0866. The molecule has 0 aliphatic carbocycles. The van der Waals surface area contributed by atoms with Gasteiger partial charge in [0, 0.05) is 10.6 Å². The number of carbonyl (C=O) groups excluding carboxylic acids is 1. The number of aryl methyl sites for hydroxylation is 1. The number of hydrogen-bond acceptors (Lipinski definition) is 4. The number of rotatable bonds is 6. The second-order valence-electron chi connectivity index (χ2n) is 5.89. The molecule has 0 unspecified atom stereocenters. The van der Waals surface area contributed by atoms with E-state index in [2.05, 4.69) is 27.4 Å². The van der Waals surface area contributed by atoms with Crippen LogP contribution in [0.2, 0.25) is 5.02 Å². The summed E-state index contributed by atoms with van der Waals surface area (Å²) in [6.45, 7) is 3.81. The zero-order valence-electron chi connectivity index (χ0n) is 14.8. The molecule has 0 aliphatic heterocycles. The van der Waals surface area contributed by atoms with E-state index in [1.165, 1.54) is 29.5 Å². The smallest absolute Gasteiger partial charge is 0.237 e. The van der Waals surface area contributed by atoms with E-state index in [4.69, 9.17) is 11.6 Å². The topological polar surface area (TPSA) is 70.7 Å². The Balaban J connectivity index is 1.64. The van der Waals surface area contributed by atoms with E-state index in [1.54, 1.807) is 6.92 Å². The van der Waals surface area contributed by atoms with Gasteiger partial charge in [-0.3, -0.25) is 9.89 Å². The van der Waals surface area contributed by atoms with Crippen LogP contribution in [-0.2, 0) is 11.2 Å². The number of H-pyrrole nitrogens is 1. The van der Waals surface area contributed by atoms with Crippen LogP contribution in [0.15, 0.2) is 47.6 Å². The summed E-state index contributed by atoms with van der Waals surface area (Å²) >= 11 is 6.91. The van der Waals surface area contributed by atoms with E-state index in [0.29, 0.717) is 11.0 Å². The molecule has 0 spiro atoms. The van der Waals surface area contributed by atoms with Crippen molar-refractivity contribution in [2.45, 2.75) is 30.7 Å². The van der Waals surface area contributed by atoms with Gasteiger partial charge in [0.15, 0.2) is 5.82 Å². The highest BCUT2D eigenvalue weighted by atomic mass is 35.5. The van der Waals surface area contributed by atoms with Gasteiger partial charge in [-0.05, 0) is 37.1 Å². The summed E-state index contributed by atoms with van der Waals surface area (Å²) in [6.07, 6.45) is 0.971. The minimum atomic E-state index is -0.580. The lowest BCUT2D eigenvalue weighted by atomic mass is 10.1. The first-order valence-electron chi connectivity index (χ1n) is 8.40. The van der Waals surface area contributed by atoms with Gasteiger partial charge in [0.25, 0.3) is 0 Å². The van der Waals surface area contributed by atoms with Crippen LogP contribution in [0.4, 0.5) is 10.1 Å². The van der Waals surface area contributed by atoms with E-state index in [1.807, 2.05) is 24.3 Å². The largest absolute Gasteiger partial charge is 0.323 e. The molecule has 2 N–H and O–H groups in total. The van der Waals surface area contributed by atoms with Gasteiger partial charge in [0.1, 0.15) is 5.82 Å². The number of nitrogens with one attached hydrogen (secondary N) is 2. The summed E-state index contributed by atoms with van der Waals surface area (Å²) in [5.74, 6) is -0.292. The van der Waals surface area contributed by atoms with Gasteiger partial charge in [-0.25, -0.2) is 9.37 Å². The maximum atomic E-state index is 13.8. The van der Waals surface area contributed by atoms with E-state index in [9.17, 15) is 9.18 Å². The number of amides is 1. The van der Waals surface area contributed by atoms with Gasteiger partial charge in [0.05, 0.1) is 10.9 Å². The van der Waals surface area contributed by atoms with Crippen LogP contribution in [0, 0.1) is 5.82 Å². The molecule has 0 bridgehead atoms. The standard InChI is InChI=1S/C19H18ClFN4OS/c1-3-12-4-6-13(7-5-12)17-23-19(25-24-17)27-11(2)18(26)22-16-9-8-14(20)10-15(16)21/h4-11H,3H2,1-2H3,(H,22,26)(H,23,24,25)/t11-/m1/s1. The summed E-state index contributed by atoms with van der Waals surface area (Å²) in [4.78, 5) is 16.7. The van der Waals surface area contributed by atoms with Crippen molar-refractivity contribution in [1.82, 2.24) is 15.2 Å². The van der Waals surface area contributed by atoms with Crippen molar-refractivity contribution < 1.29 is 9.18 Å². The molecule has 27 heavy (non-hydrogen) atoms. The second-order valence-corrected chi connectivity index (χ2v) is 7.63. The highest BCUT2D eigenvalue weighted by Crippen LogP contribution is 2.25. The molecule has 3 aromatic rings. The number of nitrogens with zero attached hydrogens (tertiary/aromatic N) is 2. The maximum absolute atomic E-state index is 13.8. The van der Waals surface area contributed by atoms with Crippen LogP contribution in [0.25, 0.3) is 11.4 Å². The Morgan fingerprint density at radius 1 is 1.30 bits per heavy atom.